The van der Waals surface area contributed by atoms with E-state index in [0.29, 0.717) is 6.04 Å². The van der Waals surface area contributed by atoms with E-state index in [0.717, 1.165) is 13.1 Å². The molecule has 1 aliphatic rings. The molecule has 1 fully saturated rings. The number of nitrogens with one attached hydrogen (secondary N) is 1. The fourth-order valence-electron chi connectivity index (χ4n) is 2.69. The Labute approximate surface area is 118 Å². The van der Waals surface area contributed by atoms with E-state index in [1.165, 1.54) is 30.5 Å². The van der Waals surface area contributed by atoms with E-state index in [1.54, 1.807) is 0 Å². The quantitative estimate of drug-likeness (QED) is 0.899. The Morgan fingerprint density at radius 2 is 1.89 bits per heavy atom. The van der Waals surface area contributed by atoms with Crippen molar-refractivity contribution in [2.24, 2.45) is 0 Å². The molecule has 0 spiro atoms. The van der Waals surface area contributed by atoms with E-state index < -0.39 is 0 Å². The Bertz CT molecular complexity index is 389. The number of hydrogen-bond donors (Lipinski definition) is 1. The van der Waals surface area contributed by atoms with E-state index in [2.05, 4.69) is 62.3 Å². The van der Waals surface area contributed by atoms with E-state index >= 15 is 0 Å². The van der Waals surface area contributed by atoms with Gasteiger partial charge in [0.2, 0.25) is 0 Å². The highest BCUT2D eigenvalue weighted by Crippen LogP contribution is 2.22. The molecule has 0 aromatic heterocycles. The molecule has 1 saturated heterocycles. The Hall–Kier alpha value is -0.860. The van der Waals surface area contributed by atoms with E-state index in [4.69, 9.17) is 0 Å². The van der Waals surface area contributed by atoms with Crippen LogP contribution in [0.1, 0.15) is 38.3 Å². The highest BCUT2D eigenvalue weighted by Gasteiger charge is 2.18. The van der Waals surface area contributed by atoms with Gasteiger partial charge in [0, 0.05) is 25.7 Å². The van der Waals surface area contributed by atoms with Gasteiger partial charge in [-0.25, -0.2) is 0 Å². The van der Waals surface area contributed by atoms with Gasteiger partial charge >= 0.3 is 0 Å². The molecule has 1 atom stereocenters. The van der Waals surface area contributed by atoms with E-state index in [-0.39, 0.29) is 5.41 Å². The van der Waals surface area contributed by atoms with Gasteiger partial charge in [-0.2, -0.15) is 0 Å². The van der Waals surface area contributed by atoms with Crippen molar-refractivity contribution in [3.63, 3.8) is 0 Å². The van der Waals surface area contributed by atoms with Crippen molar-refractivity contribution in [1.82, 2.24) is 10.2 Å². The second-order valence-electron chi connectivity index (χ2n) is 6.82. The SMILES string of the molecule is CN1CCNCC1CCc1ccc(C(C)(C)C)cc1. The summed E-state index contributed by atoms with van der Waals surface area (Å²) in [6, 6.07) is 9.88. The summed E-state index contributed by atoms with van der Waals surface area (Å²) in [5.41, 5.74) is 3.14. The minimum Gasteiger partial charge on any atom is -0.314 e. The molecule has 0 amide bonds. The molecule has 1 heterocycles. The first-order valence-corrected chi connectivity index (χ1v) is 7.47. The van der Waals surface area contributed by atoms with Crippen molar-refractivity contribution >= 4 is 0 Å². The molecule has 0 bridgehead atoms. The number of rotatable bonds is 3. The first-order chi connectivity index (χ1) is 8.97. The molecule has 0 saturated carbocycles. The third-order valence-corrected chi connectivity index (χ3v) is 4.23. The summed E-state index contributed by atoms with van der Waals surface area (Å²) in [6.07, 6.45) is 2.43. The van der Waals surface area contributed by atoms with Crippen molar-refractivity contribution in [3.8, 4) is 0 Å². The lowest BCUT2D eigenvalue weighted by atomic mass is 9.86. The molecule has 1 aliphatic heterocycles. The summed E-state index contributed by atoms with van der Waals surface area (Å²) >= 11 is 0. The van der Waals surface area contributed by atoms with Crippen LogP contribution >= 0.6 is 0 Å². The molecule has 2 heteroatoms. The molecule has 0 radical (unpaired) electrons. The number of nitrogens with zero attached hydrogens (tertiary/aromatic N) is 1. The van der Waals surface area contributed by atoms with Crippen LogP contribution in [0.4, 0.5) is 0 Å². The summed E-state index contributed by atoms with van der Waals surface area (Å²) in [5.74, 6) is 0. The van der Waals surface area contributed by atoms with Crippen LogP contribution in [0.3, 0.4) is 0 Å². The predicted octanol–water partition coefficient (Wildman–Crippen LogP) is 2.82. The summed E-state index contributed by atoms with van der Waals surface area (Å²) in [5, 5.41) is 3.49. The van der Waals surface area contributed by atoms with Crippen molar-refractivity contribution < 1.29 is 0 Å². The van der Waals surface area contributed by atoms with Gasteiger partial charge in [-0.1, -0.05) is 45.0 Å². The molecule has 106 valence electrons. The number of piperazine rings is 1. The zero-order valence-electron chi connectivity index (χ0n) is 12.9. The van der Waals surface area contributed by atoms with Crippen LogP contribution in [0.2, 0.25) is 0 Å². The Morgan fingerprint density at radius 1 is 1.21 bits per heavy atom. The van der Waals surface area contributed by atoms with E-state index in [9.17, 15) is 0 Å². The summed E-state index contributed by atoms with van der Waals surface area (Å²) in [6.45, 7) is 10.2. The first-order valence-electron chi connectivity index (χ1n) is 7.47. The normalized spacial score (nSPS) is 21.6. The minimum absolute atomic E-state index is 0.256. The fourth-order valence-corrected chi connectivity index (χ4v) is 2.69. The number of benzene rings is 1. The van der Waals surface area contributed by atoms with Crippen LogP contribution in [-0.2, 0) is 11.8 Å². The molecule has 0 aliphatic carbocycles. The molecule has 1 unspecified atom stereocenters. The van der Waals surface area contributed by atoms with Gasteiger partial charge in [-0.15, -0.1) is 0 Å². The van der Waals surface area contributed by atoms with Gasteiger partial charge in [-0.05, 0) is 36.4 Å². The molecule has 2 rings (SSSR count). The van der Waals surface area contributed by atoms with Crippen molar-refractivity contribution in [3.05, 3.63) is 35.4 Å². The second-order valence-corrected chi connectivity index (χ2v) is 6.82. The van der Waals surface area contributed by atoms with Crippen LogP contribution in [-0.4, -0.2) is 37.6 Å². The standard InChI is InChI=1S/C17H28N2/c1-17(2,3)15-8-5-14(6-9-15)7-10-16-13-18-11-12-19(16)4/h5-6,8-9,16,18H,7,10-13H2,1-4H3. The van der Waals surface area contributed by atoms with Crippen LogP contribution < -0.4 is 5.32 Å². The zero-order chi connectivity index (χ0) is 13.9. The third-order valence-electron chi connectivity index (χ3n) is 4.23. The van der Waals surface area contributed by atoms with Gasteiger partial charge in [0.25, 0.3) is 0 Å². The lowest BCUT2D eigenvalue weighted by Crippen LogP contribution is -2.49. The highest BCUT2D eigenvalue weighted by atomic mass is 15.2. The van der Waals surface area contributed by atoms with Gasteiger partial charge in [0.1, 0.15) is 0 Å². The van der Waals surface area contributed by atoms with Crippen LogP contribution in [0.25, 0.3) is 0 Å². The number of hydrogen-bond acceptors (Lipinski definition) is 2. The topological polar surface area (TPSA) is 15.3 Å². The molecule has 2 nitrogen and oxygen atoms in total. The third kappa shape index (κ3) is 4.05. The van der Waals surface area contributed by atoms with Gasteiger partial charge in [0.15, 0.2) is 0 Å². The van der Waals surface area contributed by atoms with Crippen LogP contribution in [0, 0.1) is 0 Å². The van der Waals surface area contributed by atoms with E-state index in [1.807, 2.05) is 0 Å². The maximum Gasteiger partial charge on any atom is 0.0221 e. The van der Waals surface area contributed by atoms with Crippen molar-refractivity contribution in [1.29, 1.82) is 0 Å². The van der Waals surface area contributed by atoms with Gasteiger partial charge < -0.3 is 10.2 Å². The number of likely N-dealkylation sites (N-methyl/N-ethyl adjacent to an activating group) is 1. The molecular formula is C17H28N2. The average Bonchev–Trinajstić information content (AvgIpc) is 2.37. The van der Waals surface area contributed by atoms with Gasteiger partial charge in [-0.3, -0.25) is 0 Å². The molecule has 1 aromatic carbocycles. The Kier molecular flexibility index (Phi) is 4.64. The van der Waals surface area contributed by atoms with Crippen molar-refractivity contribution in [2.45, 2.75) is 45.1 Å². The minimum atomic E-state index is 0.256. The first kappa shape index (κ1) is 14.5. The Balaban J connectivity index is 1.89. The Morgan fingerprint density at radius 3 is 2.47 bits per heavy atom. The smallest absolute Gasteiger partial charge is 0.0221 e. The largest absolute Gasteiger partial charge is 0.314 e. The number of aryl methyl sites for hydroxylation is 1. The summed E-state index contributed by atoms with van der Waals surface area (Å²) < 4.78 is 0. The molecule has 1 N–H and O–H groups in total. The molecule has 1 aromatic rings. The van der Waals surface area contributed by atoms with Crippen molar-refractivity contribution in [2.75, 3.05) is 26.7 Å². The molecular weight excluding hydrogens is 232 g/mol. The second kappa shape index (κ2) is 6.06. The molecule has 19 heavy (non-hydrogen) atoms. The van der Waals surface area contributed by atoms with Gasteiger partial charge in [0.05, 0.1) is 0 Å². The predicted molar refractivity (Wildman–Crippen MR) is 82.8 cm³/mol. The van der Waals surface area contributed by atoms with Crippen LogP contribution in [0.5, 0.6) is 0 Å². The average molecular weight is 260 g/mol. The monoisotopic (exact) mass is 260 g/mol. The lowest BCUT2D eigenvalue weighted by molar-refractivity contribution is 0.191. The zero-order valence-corrected chi connectivity index (χ0v) is 12.9. The maximum absolute atomic E-state index is 3.49. The lowest BCUT2D eigenvalue weighted by Gasteiger charge is -2.33. The fraction of sp³-hybridized carbons (Fsp3) is 0.647. The summed E-state index contributed by atoms with van der Waals surface area (Å²) in [4.78, 5) is 2.49. The van der Waals surface area contributed by atoms with Crippen LogP contribution in [0.15, 0.2) is 24.3 Å². The highest BCUT2D eigenvalue weighted by molar-refractivity contribution is 5.27. The maximum atomic E-state index is 3.49. The summed E-state index contributed by atoms with van der Waals surface area (Å²) in [7, 11) is 2.24.